The number of hydrogen-bond donors (Lipinski definition) is 0. The molecule has 4 heterocycles. The van der Waals surface area contributed by atoms with Gasteiger partial charge in [-0.2, -0.15) is 5.26 Å². The van der Waals surface area contributed by atoms with Gasteiger partial charge in [0.05, 0.1) is 54.2 Å². The van der Waals surface area contributed by atoms with Gasteiger partial charge < -0.3 is 14.2 Å². The van der Waals surface area contributed by atoms with Crippen molar-refractivity contribution >= 4 is 28.8 Å². The van der Waals surface area contributed by atoms with Crippen LogP contribution in [0.3, 0.4) is 0 Å². The van der Waals surface area contributed by atoms with E-state index in [1.54, 1.807) is 30.3 Å². The van der Waals surface area contributed by atoms with Crippen molar-refractivity contribution in [2.24, 2.45) is 0 Å². The molecule has 1 fully saturated rings. The first-order valence-corrected chi connectivity index (χ1v) is 13.6. The second-order valence-electron chi connectivity index (χ2n) is 10.1. The number of methoxy groups -OCH3 is 1. The molecule has 2 aliphatic heterocycles. The highest BCUT2D eigenvalue weighted by Gasteiger charge is 2.20. The number of hydrogen-bond acceptors (Lipinski definition) is 8. The molecule has 2 aromatic carbocycles. The first-order valence-electron chi connectivity index (χ1n) is 13.6. The van der Waals surface area contributed by atoms with E-state index in [4.69, 9.17) is 24.5 Å². The van der Waals surface area contributed by atoms with Gasteiger partial charge >= 0.3 is 5.97 Å². The number of halogens is 1. The number of carbonyl (C=O) groups is 1. The first-order chi connectivity index (χ1) is 20.5. The molecular formula is C32H28FN5O4. The van der Waals surface area contributed by atoms with Gasteiger partial charge in [0.1, 0.15) is 24.0 Å². The molecule has 0 aliphatic carbocycles. The van der Waals surface area contributed by atoms with Crippen LogP contribution in [0.1, 0.15) is 45.8 Å². The van der Waals surface area contributed by atoms with Crippen molar-refractivity contribution < 1.29 is 23.4 Å². The molecule has 4 aromatic rings. The summed E-state index contributed by atoms with van der Waals surface area (Å²) in [5.41, 5.74) is 4.65. The molecule has 0 saturated carbocycles. The summed E-state index contributed by atoms with van der Waals surface area (Å²) in [7, 11) is 1.37. The number of nitrogens with zero attached hydrogens (tertiary/aromatic N) is 5. The van der Waals surface area contributed by atoms with Gasteiger partial charge in [-0.15, -0.1) is 0 Å². The van der Waals surface area contributed by atoms with Crippen LogP contribution in [0.25, 0.3) is 22.8 Å². The summed E-state index contributed by atoms with van der Waals surface area (Å²) in [5, 5.41) is 8.93. The maximum absolute atomic E-state index is 14.2. The van der Waals surface area contributed by atoms with Gasteiger partial charge in [-0.1, -0.05) is 18.2 Å². The molecule has 2 aliphatic rings. The predicted molar refractivity (Wildman–Crippen MR) is 153 cm³/mol. The van der Waals surface area contributed by atoms with Crippen LogP contribution in [0, 0.1) is 17.1 Å². The van der Waals surface area contributed by atoms with E-state index in [2.05, 4.69) is 16.0 Å². The van der Waals surface area contributed by atoms with Crippen molar-refractivity contribution in [3.63, 3.8) is 0 Å². The Bertz CT molecular complexity index is 1760. The number of ether oxygens (including phenoxy) is 3. The molecule has 0 atom stereocenters. The number of benzene rings is 2. The SMILES string of the molecule is COC(=O)c1ccc2nc(CN3CC=C(c4cccc(OCc5ccc(C#N)cc5F)n4)CC3)n(C=C3CCO3)c2c1. The molecule has 0 N–H and O–H groups in total. The number of pyridine rings is 1. The molecule has 0 unspecified atom stereocenters. The number of fused-ring (bicyclic) bond motifs is 1. The molecule has 9 nitrogen and oxygen atoms in total. The van der Waals surface area contributed by atoms with Crippen LogP contribution in [-0.2, 0) is 22.6 Å². The summed E-state index contributed by atoms with van der Waals surface area (Å²) in [4.78, 5) is 24.0. The van der Waals surface area contributed by atoms with E-state index in [1.807, 2.05) is 35.0 Å². The number of esters is 1. The minimum absolute atomic E-state index is 0.0180. The van der Waals surface area contributed by atoms with Crippen molar-refractivity contribution in [3.8, 4) is 11.9 Å². The molecule has 1 saturated heterocycles. The van der Waals surface area contributed by atoms with Gasteiger partial charge in [0.2, 0.25) is 5.88 Å². The zero-order valence-corrected chi connectivity index (χ0v) is 23.0. The fraction of sp³-hybridized carbons (Fsp3) is 0.250. The highest BCUT2D eigenvalue weighted by Crippen LogP contribution is 2.27. The summed E-state index contributed by atoms with van der Waals surface area (Å²) in [6.07, 6.45) is 5.77. The Morgan fingerprint density at radius 2 is 2.05 bits per heavy atom. The number of imidazole rings is 1. The lowest BCUT2D eigenvalue weighted by molar-refractivity contribution is 0.0601. The molecule has 10 heteroatoms. The van der Waals surface area contributed by atoms with Crippen molar-refractivity contribution in [2.75, 3.05) is 26.8 Å². The number of aromatic nitrogens is 3. The Kier molecular flexibility index (Phi) is 7.66. The Hall–Kier alpha value is -5.01. The van der Waals surface area contributed by atoms with E-state index in [-0.39, 0.29) is 12.2 Å². The lowest BCUT2D eigenvalue weighted by atomic mass is 10.0. The minimum Gasteiger partial charge on any atom is -0.496 e. The molecule has 2 aromatic heterocycles. The quantitative estimate of drug-likeness (QED) is 0.265. The van der Waals surface area contributed by atoms with E-state index >= 15 is 0 Å². The number of nitriles is 1. The monoisotopic (exact) mass is 565 g/mol. The summed E-state index contributed by atoms with van der Waals surface area (Å²) in [5.74, 6) is 1.28. The van der Waals surface area contributed by atoms with Crippen LogP contribution in [0.2, 0.25) is 0 Å². The van der Waals surface area contributed by atoms with Crippen LogP contribution < -0.4 is 4.74 Å². The number of carbonyl (C=O) groups excluding carboxylic acids is 1. The second-order valence-corrected chi connectivity index (χ2v) is 10.1. The van der Waals surface area contributed by atoms with Crippen LogP contribution in [0.4, 0.5) is 4.39 Å². The molecule has 0 amide bonds. The van der Waals surface area contributed by atoms with Crippen molar-refractivity contribution in [1.29, 1.82) is 5.26 Å². The average Bonchev–Trinajstić information content (AvgIpc) is 3.34. The molecule has 212 valence electrons. The third kappa shape index (κ3) is 5.73. The van der Waals surface area contributed by atoms with E-state index in [9.17, 15) is 9.18 Å². The first kappa shape index (κ1) is 27.2. The van der Waals surface area contributed by atoms with Gasteiger partial charge in [-0.25, -0.2) is 19.2 Å². The Balaban J connectivity index is 1.16. The van der Waals surface area contributed by atoms with Crippen LogP contribution in [0.5, 0.6) is 5.88 Å². The minimum atomic E-state index is -0.478. The van der Waals surface area contributed by atoms with E-state index in [1.165, 1.54) is 13.2 Å². The molecular weight excluding hydrogens is 537 g/mol. The molecule has 6 rings (SSSR count). The van der Waals surface area contributed by atoms with Crippen LogP contribution >= 0.6 is 0 Å². The predicted octanol–water partition coefficient (Wildman–Crippen LogP) is 5.32. The van der Waals surface area contributed by atoms with Gasteiger partial charge in [0.25, 0.3) is 0 Å². The molecule has 0 bridgehead atoms. The lowest BCUT2D eigenvalue weighted by Crippen LogP contribution is -2.29. The molecule has 0 spiro atoms. The molecule has 42 heavy (non-hydrogen) atoms. The van der Waals surface area contributed by atoms with Gasteiger partial charge in [0, 0.05) is 37.3 Å². The lowest BCUT2D eigenvalue weighted by Gasteiger charge is -2.26. The normalized spacial score (nSPS) is 15.9. The Morgan fingerprint density at radius 3 is 2.76 bits per heavy atom. The van der Waals surface area contributed by atoms with Gasteiger partial charge in [-0.3, -0.25) is 9.47 Å². The highest BCUT2D eigenvalue weighted by molar-refractivity contribution is 5.94. The zero-order valence-electron chi connectivity index (χ0n) is 23.0. The fourth-order valence-corrected chi connectivity index (χ4v) is 4.96. The summed E-state index contributed by atoms with van der Waals surface area (Å²) in [6, 6.07) is 17.2. The largest absolute Gasteiger partial charge is 0.496 e. The van der Waals surface area contributed by atoms with Crippen molar-refractivity contribution in [1.82, 2.24) is 19.4 Å². The summed E-state index contributed by atoms with van der Waals surface area (Å²) in [6.45, 7) is 2.85. The van der Waals surface area contributed by atoms with Gasteiger partial charge in [-0.05, 0) is 48.4 Å². The fourth-order valence-electron chi connectivity index (χ4n) is 4.96. The average molecular weight is 566 g/mol. The molecule has 0 radical (unpaired) electrons. The second kappa shape index (κ2) is 11.8. The Labute approximate surface area is 242 Å². The topological polar surface area (TPSA) is 102 Å². The summed E-state index contributed by atoms with van der Waals surface area (Å²) < 4.78 is 32.5. The highest BCUT2D eigenvalue weighted by atomic mass is 19.1. The van der Waals surface area contributed by atoms with Crippen molar-refractivity contribution in [3.05, 3.63) is 100 Å². The van der Waals surface area contributed by atoms with E-state index < -0.39 is 11.8 Å². The standard InChI is InChI=1S/C32H28FN5O4/c1-40-32(39)23-7-8-28-29(16-23)38(18-25-11-14-41-25)30(35-28)19-37-12-9-22(10-13-37)27-3-2-4-31(36-27)42-20-24-6-5-21(17-34)15-26(24)33/h2-9,15-16,18H,10-14,19-20H2,1H3. The van der Waals surface area contributed by atoms with Crippen molar-refractivity contribution in [2.45, 2.75) is 26.0 Å². The maximum atomic E-state index is 14.2. The van der Waals surface area contributed by atoms with E-state index in [0.717, 1.165) is 53.3 Å². The Morgan fingerprint density at radius 1 is 1.17 bits per heavy atom. The summed E-state index contributed by atoms with van der Waals surface area (Å²) >= 11 is 0. The number of rotatable bonds is 8. The van der Waals surface area contributed by atoms with Gasteiger partial charge in [0.15, 0.2) is 0 Å². The zero-order chi connectivity index (χ0) is 29.1. The van der Waals surface area contributed by atoms with Crippen LogP contribution in [0.15, 0.2) is 66.4 Å². The smallest absolute Gasteiger partial charge is 0.337 e. The maximum Gasteiger partial charge on any atom is 0.337 e. The van der Waals surface area contributed by atoms with E-state index in [0.29, 0.717) is 36.7 Å². The third-order valence-electron chi connectivity index (χ3n) is 7.36. The van der Waals surface area contributed by atoms with Crippen LogP contribution in [-0.4, -0.2) is 52.2 Å². The third-order valence-corrected chi connectivity index (χ3v) is 7.36.